The second kappa shape index (κ2) is 8.81. The molecule has 3 amide bonds. The van der Waals surface area contributed by atoms with E-state index in [9.17, 15) is 22.8 Å². The van der Waals surface area contributed by atoms with Crippen LogP contribution in [0.2, 0.25) is 0 Å². The van der Waals surface area contributed by atoms with Crippen molar-refractivity contribution < 1.29 is 22.8 Å². The third-order valence-electron chi connectivity index (χ3n) is 5.24. The maximum atomic E-state index is 12.1. The zero-order valence-electron chi connectivity index (χ0n) is 15.6. The summed E-state index contributed by atoms with van der Waals surface area (Å²) in [5.41, 5.74) is 2.70. The number of rotatable bonds is 5. The minimum Gasteiger partial charge on any atom is -0.371 e. The standard InChI is InChI=1S/C19H25F3N4O2/c20-19(21,22)13-23-18(28)24-17(27)12-25-8-5-14(6-9-25)11-26-10-7-15-3-1-2-4-16(15)26/h1-4,14H,5-13H2,(H2,23,24,27,28). The van der Waals surface area contributed by atoms with Gasteiger partial charge < -0.3 is 10.2 Å². The van der Waals surface area contributed by atoms with Crippen molar-refractivity contribution >= 4 is 17.6 Å². The number of nitrogens with one attached hydrogen (secondary N) is 2. The first-order chi connectivity index (χ1) is 13.3. The fourth-order valence-electron chi connectivity index (χ4n) is 3.83. The van der Waals surface area contributed by atoms with E-state index >= 15 is 0 Å². The molecule has 6 nitrogen and oxygen atoms in total. The molecule has 2 heterocycles. The van der Waals surface area contributed by atoms with Gasteiger partial charge in [0, 0.05) is 18.8 Å². The van der Waals surface area contributed by atoms with E-state index in [4.69, 9.17) is 0 Å². The number of imide groups is 1. The number of hydrogen-bond donors (Lipinski definition) is 2. The highest BCUT2D eigenvalue weighted by atomic mass is 19.4. The second-order valence-corrected chi connectivity index (χ2v) is 7.39. The predicted molar refractivity (Wildman–Crippen MR) is 99.1 cm³/mol. The highest BCUT2D eigenvalue weighted by molar-refractivity contribution is 5.95. The van der Waals surface area contributed by atoms with Gasteiger partial charge in [0.05, 0.1) is 6.54 Å². The van der Waals surface area contributed by atoms with Crippen LogP contribution in [0.1, 0.15) is 18.4 Å². The third kappa shape index (κ3) is 5.85. The Balaban J connectivity index is 1.36. The van der Waals surface area contributed by atoms with Gasteiger partial charge in [-0.25, -0.2) is 4.79 Å². The van der Waals surface area contributed by atoms with Gasteiger partial charge in [0.1, 0.15) is 6.54 Å². The molecule has 0 atom stereocenters. The molecule has 0 unspecified atom stereocenters. The molecule has 2 N–H and O–H groups in total. The van der Waals surface area contributed by atoms with Crippen molar-refractivity contribution in [3.63, 3.8) is 0 Å². The molecular weight excluding hydrogens is 373 g/mol. The fraction of sp³-hybridized carbons (Fsp3) is 0.579. The van der Waals surface area contributed by atoms with E-state index < -0.39 is 24.7 Å². The maximum Gasteiger partial charge on any atom is 0.405 e. The summed E-state index contributed by atoms with van der Waals surface area (Å²) in [7, 11) is 0. The van der Waals surface area contributed by atoms with E-state index in [1.165, 1.54) is 11.3 Å². The number of anilines is 1. The molecule has 1 fully saturated rings. The van der Waals surface area contributed by atoms with E-state index in [0.29, 0.717) is 5.92 Å². The van der Waals surface area contributed by atoms with Crippen LogP contribution in [0.25, 0.3) is 0 Å². The lowest BCUT2D eigenvalue weighted by Crippen LogP contribution is -2.48. The maximum absolute atomic E-state index is 12.1. The van der Waals surface area contributed by atoms with Gasteiger partial charge in [-0.15, -0.1) is 0 Å². The van der Waals surface area contributed by atoms with Crippen molar-refractivity contribution in [1.29, 1.82) is 0 Å². The van der Waals surface area contributed by atoms with Gasteiger partial charge >= 0.3 is 12.2 Å². The number of benzene rings is 1. The summed E-state index contributed by atoms with van der Waals surface area (Å²) >= 11 is 0. The average Bonchev–Trinajstić information content (AvgIpc) is 3.04. The summed E-state index contributed by atoms with van der Waals surface area (Å²) in [4.78, 5) is 27.5. The molecule has 28 heavy (non-hydrogen) atoms. The number of piperidine rings is 1. The Morgan fingerprint density at radius 3 is 2.54 bits per heavy atom. The quantitative estimate of drug-likeness (QED) is 0.798. The van der Waals surface area contributed by atoms with Crippen LogP contribution in [0.4, 0.5) is 23.7 Å². The van der Waals surface area contributed by atoms with Gasteiger partial charge in [-0.2, -0.15) is 13.2 Å². The molecule has 0 spiro atoms. The van der Waals surface area contributed by atoms with Crippen molar-refractivity contribution in [2.24, 2.45) is 5.92 Å². The summed E-state index contributed by atoms with van der Waals surface area (Å²) in [6.07, 6.45) is -1.53. The first-order valence-electron chi connectivity index (χ1n) is 9.50. The fourth-order valence-corrected chi connectivity index (χ4v) is 3.83. The van der Waals surface area contributed by atoms with E-state index in [-0.39, 0.29) is 6.54 Å². The molecule has 154 valence electrons. The van der Waals surface area contributed by atoms with Gasteiger partial charge in [-0.3, -0.25) is 15.0 Å². The molecule has 2 aliphatic heterocycles. The molecule has 1 saturated heterocycles. The Morgan fingerprint density at radius 2 is 1.82 bits per heavy atom. The molecule has 1 aromatic rings. The molecule has 3 rings (SSSR count). The number of carbonyl (C=O) groups excluding carboxylic acids is 2. The Kier molecular flexibility index (Phi) is 6.43. The van der Waals surface area contributed by atoms with Crippen molar-refractivity contribution in [2.45, 2.75) is 25.4 Å². The summed E-state index contributed by atoms with van der Waals surface area (Å²) in [5, 5.41) is 3.57. The molecule has 9 heteroatoms. The summed E-state index contributed by atoms with van der Waals surface area (Å²) in [6.45, 7) is 2.05. The zero-order chi connectivity index (χ0) is 20.1. The monoisotopic (exact) mass is 398 g/mol. The number of urea groups is 1. The van der Waals surface area contributed by atoms with Crippen LogP contribution in [-0.2, 0) is 11.2 Å². The Bertz CT molecular complexity index is 703. The second-order valence-electron chi connectivity index (χ2n) is 7.39. The van der Waals surface area contributed by atoms with Gasteiger partial charge in [-0.1, -0.05) is 18.2 Å². The highest BCUT2D eigenvalue weighted by Crippen LogP contribution is 2.30. The number of likely N-dealkylation sites (tertiary alicyclic amines) is 1. The van der Waals surface area contributed by atoms with Crippen molar-refractivity contribution in [1.82, 2.24) is 15.5 Å². The number of hydrogen-bond acceptors (Lipinski definition) is 4. The summed E-state index contributed by atoms with van der Waals surface area (Å²) in [5.74, 6) is -0.0489. The van der Waals surface area contributed by atoms with Gasteiger partial charge in [0.2, 0.25) is 5.91 Å². The zero-order valence-corrected chi connectivity index (χ0v) is 15.6. The number of nitrogens with zero attached hydrogens (tertiary/aromatic N) is 2. The van der Waals surface area contributed by atoms with E-state index in [2.05, 4.69) is 29.2 Å². The average molecular weight is 398 g/mol. The van der Waals surface area contributed by atoms with Crippen LogP contribution >= 0.6 is 0 Å². The summed E-state index contributed by atoms with van der Waals surface area (Å²) in [6, 6.07) is 7.33. The largest absolute Gasteiger partial charge is 0.405 e. The Labute approximate surface area is 162 Å². The molecule has 1 aromatic carbocycles. The minimum absolute atomic E-state index is 0.0126. The van der Waals surface area contributed by atoms with E-state index in [0.717, 1.165) is 45.4 Å². The molecular formula is C19H25F3N4O2. The normalized spacial score (nSPS) is 18.0. The predicted octanol–water partition coefficient (Wildman–Crippen LogP) is 2.15. The lowest BCUT2D eigenvalue weighted by atomic mass is 9.96. The van der Waals surface area contributed by atoms with Crippen LogP contribution in [0, 0.1) is 5.92 Å². The van der Waals surface area contributed by atoms with Gasteiger partial charge in [0.15, 0.2) is 0 Å². The first kappa shape index (κ1) is 20.4. The Morgan fingerprint density at radius 1 is 1.11 bits per heavy atom. The number of fused-ring (bicyclic) bond motifs is 1. The lowest BCUT2D eigenvalue weighted by molar-refractivity contribution is -0.125. The number of carbonyl (C=O) groups is 2. The Hall–Kier alpha value is -2.29. The van der Waals surface area contributed by atoms with Crippen molar-refractivity contribution in [2.75, 3.05) is 44.2 Å². The van der Waals surface area contributed by atoms with Crippen LogP contribution in [-0.4, -0.2) is 62.3 Å². The number of alkyl halides is 3. The number of para-hydroxylation sites is 1. The molecule has 0 saturated carbocycles. The first-order valence-corrected chi connectivity index (χ1v) is 9.50. The molecule has 0 bridgehead atoms. The summed E-state index contributed by atoms with van der Waals surface area (Å²) < 4.78 is 36.2. The highest BCUT2D eigenvalue weighted by Gasteiger charge is 2.29. The lowest BCUT2D eigenvalue weighted by Gasteiger charge is -2.34. The van der Waals surface area contributed by atoms with Crippen molar-refractivity contribution in [3.05, 3.63) is 29.8 Å². The molecule has 0 aromatic heterocycles. The van der Waals surface area contributed by atoms with Crippen LogP contribution in [0.3, 0.4) is 0 Å². The SMILES string of the molecule is O=C(CN1CCC(CN2CCc3ccccc32)CC1)NC(=O)NCC(F)(F)F. The minimum atomic E-state index is -4.50. The molecule has 2 aliphatic rings. The van der Waals surface area contributed by atoms with Gasteiger partial charge in [0.25, 0.3) is 0 Å². The van der Waals surface area contributed by atoms with Crippen molar-refractivity contribution in [3.8, 4) is 0 Å². The topological polar surface area (TPSA) is 64.7 Å². The van der Waals surface area contributed by atoms with Crippen LogP contribution in [0.15, 0.2) is 24.3 Å². The molecule has 0 aliphatic carbocycles. The van der Waals surface area contributed by atoms with Crippen LogP contribution < -0.4 is 15.5 Å². The van der Waals surface area contributed by atoms with Crippen LogP contribution in [0.5, 0.6) is 0 Å². The smallest absolute Gasteiger partial charge is 0.371 e. The third-order valence-corrected chi connectivity index (χ3v) is 5.24. The number of amides is 3. The van der Waals surface area contributed by atoms with Gasteiger partial charge in [-0.05, 0) is 49.9 Å². The molecule has 0 radical (unpaired) electrons. The van der Waals surface area contributed by atoms with E-state index in [1.54, 1.807) is 5.32 Å². The van der Waals surface area contributed by atoms with E-state index in [1.807, 2.05) is 10.2 Å². The number of halogens is 3.